The van der Waals surface area contributed by atoms with Gasteiger partial charge >= 0.3 is 5.97 Å². The van der Waals surface area contributed by atoms with Crippen LogP contribution in [-0.2, 0) is 25.7 Å². The van der Waals surface area contributed by atoms with Crippen LogP contribution >= 0.6 is 0 Å². The predicted molar refractivity (Wildman–Crippen MR) is 103 cm³/mol. The first-order chi connectivity index (χ1) is 13.6. The van der Waals surface area contributed by atoms with Crippen LogP contribution in [0.3, 0.4) is 0 Å². The van der Waals surface area contributed by atoms with E-state index in [1.807, 2.05) is 73.7 Å². The van der Waals surface area contributed by atoms with Gasteiger partial charge in [-0.2, -0.15) is 0 Å². The third kappa shape index (κ3) is 2.58. The van der Waals surface area contributed by atoms with Crippen LogP contribution in [0.5, 0.6) is 0 Å². The standard InChI is InChI=1S/C23H21NO4/c1-15-6-5-9-17(12-15)24-14-23-11-10-18(28-23)19(20(23)21(24)25)22(26)27-13-16-7-3-2-4-8-16/h2-12,18-20H,13-14H2,1H3/t18-,19+,20+,23-/m1/s1. The molecule has 0 saturated carbocycles. The van der Waals surface area contributed by atoms with E-state index in [-0.39, 0.29) is 18.5 Å². The van der Waals surface area contributed by atoms with Gasteiger partial charge in [0.2, 0.25) is 5.91 Å². The topological polar surface area (TPSA) is 55.8 Å². The molecule has 2 saturated heterocycles. The highest BCUT2D eigenvalue weighted by Crippen LogP contribution is 2.53. The van der Waals surface area contributed by atoms with Crippen molar-refractivity contribution in [1.29, 1.82) is 0 Å². The lowest BCUT2D eigenvalue weighted by Crippen LogP contribution is -2.40. The number of esters is 1. The molecule has 2 bridgehead atoms. The predicted octanol–water partition coefficient (Wildman–Crippen LogP) is 3.02. The molecule has 0 radical (unpaired) electrons. The third-order valence-electron chi connectivity index (χ3n) is 5.91. The molecule has 0 aromatic heterocycles. The molecule has 3 aliphatic heterocycles. The second kappa shape index (κ2) is 6.31. The van der Waals surface area contributed by atoms with E-state index in [1.54, 1.807) is 4.90 Å². The lowest BCUT2D eigenvalue weighted by molar-refractivity contribution is -0.153. The van der Waals surface area contributed by atoms with Crippen molar-refractivity contribution in [3.05, 3.63) is 77.9 Å². The molecule has 1 amide bonds. The highest BCUT2D eigenvalue weighted by molar-refractivity contribution is 6.02. The molecule has 0 N–H and O–H groups in total. The van der Waals surface area contributed by atoms with E-state index in [4.69, 9.17) is 9.47 Å². The Morgan fingerprint density at radius 2 is 2.04 bits per heavy atom. The maximum Gasteiger partial charge on any atom is 0.313 e. The summed E-state index contributed by atoms with van der Waals surface area (Å²) in [7, 11) is 0. The largest absolute Gasteiger partial charge is 0.460 e. The van der Waals surface area contributed by atoms with Crippen LogP contribution < -0.4 is 4.90 Å². The number of fused-ring (bicyclic) bond motifs is 1. The number of carbonyl (C=O) groups is 2. The van der Waals surface area contributed by atoms with E-state index in [0.717, 1.165) is 16.8 Å². The number of hydrogen-bond donors (Lipinski definition) is 0. The van der Waals surface area contributed by atoms with Crippen LogP contribution in [0.25, 0.3) is 0 Å². The number of aryl methyl sites for hydroxylation is 1. The summed E-state index contributed by atoms with van der Waals surface area (Å²) in [6, 6.07) is 17.4. The zero-order valence-electron chi connectivity index (χ0n) is 15.6. The molecule has 5 rings (SSSR count). The van der Waals surface area contributed by atoms with Gasteiger partial charge in [-0.1, -0.05) is 54.6 Å². The highest BCUT2D eigenvalue weighted by atomic mass is 16.6. The molecule has 5 heteroatoms. The van der Waals surface area contributed by atoms with Crippen LogP contribution in [0.4, 0.5) is 5.69 Å². The van der Waals surface area contributed by atoms with Crippen LogP contribution in [0.2, 0.25) is 0 Å². The number of rotatable bonds is 4. The molecule has 4 atom stereocenters. The second-order valence-corrected chi connectivity index (χ2v) is 7.76. The molecular formula is C23H21NO4. The lowest BCUT2D eigenvalue weighted by atomic mass is 9.77. The van der Waals surface area contributed by atoms with Gasteiger partial charge < -0.3 is 14.4 Å². The molecule has 0 unspecified atom stereocenters. The summed E-state index contributed by atoms with van der Waals surface area (Å²) in [4.78, 5) is 27.9. The van der Waals surface area contributed by atoms with Crippen LogP contribution in [-0.4, -0.2) is 30.1 Å². The van der Waals surface area contributed by atoms with Crippen molar-refractivity contribution in [1.82, 2.24) is 0 Å². The first-order valence-electron chi connectivity index (χ1n) is 9.53. The number of hydrogen-bond acceptors (Lipinski definition) is 4. The zero-order chi connectivity index (χ0) is 19.3. The quantitative estimate of drug-likeness (QED) is 0.609. The van der Waals surface area contributed by atoms with Crippen molar-refractivity contribution < 1.29 is 19.1 Å². The Morgan fingerprint density at radius 1 is 1.21 bits per heavy atom. The van der Waals surface area contributed by atoms with Crippen molar-refractivity contribution >= 4 is 17.6 Å². The average molecular weight is 375 g/mol. The Morgan fingerprint density at radius 3 is 2.82 bits per heavy atom. The molecule has 142 valence electrons. The van der Waals surface area contributed by atoms with Gasteiger partial charge in [0.05, 0.1) is 18.6 Å². The maximum absolute atomic E-state index is 13.3. The van der Waals surface area contributed by atoms with Gasteiger partial charge in [-0.05, 0) is 30.2 Å². The van der Waals surface area contributed by atoms with E-state index in [0.29, 0.717) is 6.54 Å². The van der Waals surface area contributed by atoms with Crippen LogP contribution in [0.1, 0.15) is 11.1 Å². The number of ether oxygens (including phenoxy) is 2. The van der Waals surface area contributed by atoms with Crippen molar-refractivity contribution in [2.45, 2.75) is 25.2 Å². The SMILES string of the molecule is Cc1cccc(N2C[C@@]34C=C[C@@H](O3)[C@H](C(=O)OCc3ccccc3)[C@H]4C2=O)c1. The minimum absolute atomic E-state index is 0.0703. The Labute approximate surface area is 163 Å². The molecule has 0 aliphatic carbocycles. The zero-order valence-corrected chi connectivity index (χ0v) is 15.6. The molecule has 3 heterocycles. The Bertz CT molecular complexity index is 970. The number of benzene rings is 2. The summed E-state index contributed by atoms with van der Waals surface area (Å²) >= 11 is 0. The van der Waals surface area contributed by atoms with Gasteiger partial charge in [-0.3, -0.25) is 9.59 Å². The van der Waals surface area contributed by atoms with E-state index in [9.17, 15) is 9.59 Å². The monoisotopic (exact) mass is 375 g/mol. The summed E-state index contributed by atoms with van der Waals surface area (Å²) in [6.45, 7) is 2.62. The van der Waals surface area contributed by atoms with Gasteiger partial charge in [0, 0.05) is 5.69 Å². The Balaban J connectivity index is 1.39. The number of anilines is 1. The van der Waals surface area contributed by atoms with Crippen molar-refractivity contribution in [3.8, 4) is 0 Å². The van der Waals surface area contributed by atoms with E-state index in [1.165, 1.54) is 0 Å². The molecular weight excluding hydrogens is 354 g/mol. The Kier molecular flexibility index (Phi) is 3.88. The van der Waals surface area contributed by atoms with Crippen LogP contribution in [0, 0.1) is 18.8 Å². The molecule has 1 spiro atoms. The molecule has 5 nitrogen and oxygen atoms in total. The summed E-state index contributed by atoms with van der Waals surface area (Å²) in [5.41, 5.74) is 2.11. The molecule has 2 fully saturated rings. The fraction of sp³-hybridized carbons (Fsp3) is 0.304. The fourth-order valence-electron chi connectivity index (χ4n) is 4.61. The number of amides is 1. The summed E-state index contributed by atoms with van der Waals surface area (Å²) in [5, 5.41) is 0. The highest BCUT2D eigenvalue weighted by Gasteiger charge is 2.67. The summed E-state index contributed by atoms with van der Waals surface area (Å²) in [6.07, 6.45) is 3.46. The number of nitrogens with zero attached hydrogens (tertiary/aromatic N) is 1. The smallest absolute Gasteiger partial charge is 0.313 e. The van der Waals surface area contributed by atoms with Crippen LogP contribution in [0.15, 0.2) is 66.7 Å². The molecule has 2 aromatic rings. The van der Waals surface area contributed by atoms with Crippen molar-refractivity contribution in [2.75, 3.05) is 11.4 Å². The fourth-order valence-corrected chi connectivity index (χ4v) is 4.61. The van der Waals surface area contributed by atoms with E-state index >= 15 is 0 Å². The lowest BCUT2D eigenvalue weighted by Gasteiger charge is -2.22. The summed E-state index contributed by atoms with van der Waals surface area (Å²) in [5.74, 6) is -1.58. The normalized spacial score (nSPS) is 30.0. The maximum atomic E-state index is 13.3. The minimum atomic E-state index is -0.734. The number of carbonyl (C=O) groups excluding carboxylic acids is 2. The first-order valence-corrected chi connectivity index (χ1v) is 9.53. The van der Waals surface area contributed by atoms with Gasteiger partial charge in [0.15, 0.2) is 0 Å². The second-order valence-electron chi connectivity index (χ2n) is 7.76. The average Bonchev–Trinajstić information content (AvgIpc) is 3.35. The molecule has 3 aliphatic rings. The van der Waals surface area contributed by atoms with Gasteiger partial charge in [0.1, 0.15) is 18.1 Å². The third-order valence-corrected chi connectivity index (χ3v) is 5.91. The Hall–Kier alpha value is -2.92. The van der Waals surface area contributed by atoms with Gasteiger partial charge in [-0.25, -0.2) is 0 Å². The van der Waals surface area contributed by atoms with Crippen molar-refractivity contribution in [3.63, 3.8) is 0 Å². The molecule has 28 heavy (non-hydrogen) atoms. The van der Waals surface area contributed by atoms with E-state index in [2.05, 4.69) is 0 Å². The van der Waals surface area contributed by atoms with Crippen molar-refractivity contribution in [2.24, 2.45) is 11.8 Å². The first kappa shape index (κ1) is 17.2. The van der Waals surface area contributed by atoms with Gasteiger partial charge in [0.25, 0.3) is 0 Å². The van der Waals surface area contributed by atoms with Gasteiger partial charge in [-0.15, -0.1) is 0 Å². The summed E-state index contributed by atoms with van der Waals surface area (Å²) < 4.78 is 11.7. The molecule has 2 aromatic carbocycles. The van der Waals surface area contributed by atoms with E-state index < -0.39 is 23.5 Å². The minimum Gasteiger partial charge on any atom is -0.460 e.